The van der Waals surface area contributed by atoms with Crippen molar-refractivity contribution in [3.8, 4) is 6.01 Å². The molecule has 0 aliphatic rings. The summed E-state index contributed by atoms with van der Waals surface area (Å²) in [6.07, 6.45) is 5.92. The largest absolute Gasteiger partial charge is 0.467 e. The molecule has 0 saturated carbocycles. The number of methoxy groups -OCH3 is 1. The van der Waals surface area contributed by atoms with Gasteiger partial charge in [-0.05, 0) is 23.8 Å². The molecule has 0 aliphatic heterocycles. The van der Waals surface area contributed by atoms with Crippen molar-refractivity contribution in [3.05, 3.63) is 71.0 Å². The second-order valence-corrected chi connectivity index (χ2v) is 5.29. The maximum absolute atomic E-state index is 5.98. The summed E-state index contributed by atoms with van der Waals surface area (Å²) in [5, 5.41) is 0.718. The van der Waals surface area contributed by atoms with Crippen LogP contribution in [0, 0.1) is 0 Å². The van der Waals surface area contributed by atoms with Crippen LogP contribution < -0.4 is 4.74 Å². The van der Waals surface area contributed by atoms with E-state index in [0.717, 1.165) is 22.0 Å². The van der Waals surface area contributed by atoms with Gasteiger partial charge >= 0.3 is 6.01 Å². The molecule has 0 aliphatic carbocycles. The predicted octanol–water partition coefficient (Wildman–Crippen LogP) is 3.24. The van der Waals surface area contributed by atoms with Crippen molar-refractivity contribution in [1.29, 1.82) is 0 Å². The van der Waals surface area contributed by atoms with Crippen LogP contribution in [0.4, 0.5) is 0 Å². The van der Waals surface area contributed by atoms with Crippen molar-refractivity contribution < 1.29 is 4.74 Å². The highest BCUT2D eigenvalue weighted by Gasteiger charge is 2.17. The van der Waals surface area contributed by atoms with Crippen LogP contribution in [0.1, 0.15) is 22.9 Å². The number of ether oxygens (including phenoxy) is 1. The van der Waals surface area contributed by atoms with Gasteiger partial charge in [-0.15, -0.1) is 0 Å². The minimum Gasteiger partial charge on any atom is -0.467 e. The van der Waals surface area contributed by atoms with Gasteiger partial charge in [0.05, 0.1) is 13.4 Å². The average Bonchev–Trinajstić information content (AvgIpc) is 3.08. The van der Waals surface area contributed by atoms with Crippen LogP contribution in [0.2, 0.25) is 5.02 Å². The Kier molecular flexibility index (Phi) is 4.34. The fourth-order valence-corrected chi connectivity index (χ4v) is 2.48. The molecule has 2 heterocycles. The number of H-pyrrole nitrogens is 1. The van der Waals surface area contributed by atoms with E-state index >= 15 is 0 Å². The number of aromatic nitrogens is 4. The lowest BCUT2D eigenvalue weighted by atomic mass is 9.91. The lowest BCUT2D eigenvalue weighted by Crippen LogP contribution is -2.07. The molecule has 1 unspecified atom stereocenters. The van der Waals surface area contributed by atoms with Crippen LogP contribution in [-0.4, -0.2) is 27.0 Å². The molecule has 0 saturated heterocycles. The summed E-state index contributed by atoms with van der Waals surface area (Å²) < 4.78 is 5.09. The van der Waals surface area contributed by atoms with Crippen molar-refractivity contribution >= 4 is 11.6 Å². The van der Waals surface area contributed by atoms with E-state index in [4.69, 9.17) is 16.3 Å². The second-order valence-electron chi connectivity index (χ2n) is 4.85. The molecule has 1 N–H and O–H groups in total. The Balaban J connectivity index is 1.93. The van der Waals surface area contributed by atoms with Gasteiger partial charge in [0.2, 0.25) is 0 Å². The van der Waals surface area contributed by atoms with E-state index in [1.807, 2.05) is 36.5 Å². The molecule has 2 aromatic heterocycles. The monoisotopic (exact) mass is 314 g/mol. The van der Waals surface area contributed by atoms with Gasteiger partial charge in [0.25, 0.3) is 0 Å². The van der Waals surface area contributed by atoms with Crippen molar-refractivity contribution in [2.45, 2.75) is 12.3 Å². The standard InChI is InChI=1S/C16H15ClN4O/c1-22-16-19-7-6-13(21-16)8-14(15-9-18-10-20-15)11-2-4-12(17)5-3-11/h2-7,9-10,14H,8H2,1H3,(H,18,20). The van der Waals surface area contributed by atoms with Crippen LogP contribution in [0.3, 0.4) is 0 Å². The number of halogens is 1. The Bertz CT molecular complexity index is 728. The molecule has 3 rings (SSSR count). The zero-order valence-electron chi connectivity index (χ0n) is 12.0. The van der Waals surface area contributed by atoms with E-state index in [-0.39, 0.29) is 5.92 Å². The molecule has 0 amide bonds. The Morgan fingerprint density at radius 3 is 2.73 bits per heavy atom. The summed E-state index contributed by atoms with van der Waals surface area (Å²) in [6.45, 7) is 0. The highest BCUT2D eigenvalue weighted by atomic mass is 35.5. The smallest absolute Gasteiger partial charge is 0.316 e. The van der Waals surface area contributed by atoms with Gasteiger partial charge in [-0.1, -0.05) is 23.7 Å². The number of hydrogen-bond acceptors (Lipinski definition) is 4. The van der Waals surface area contributed by atoms with Crippen molar-refractivity contribution in [3.63, 3.8) is 0 Å². The molecule has 112 valence electrons. The molecule has 22 heavy (non-hydrogen) atoms. The molecular formula is C16H15ClN4O. The molecule has 6 heteroatoms. The van der Waals surface area contributed by atoms with Crippen molar-refractivity contribution in [1.82, 2.24) is 19.9 Å². The molecule has 0 radical (unpaired) electrons. The summed E-state index contributed by atoms with van der Waals surface area (Å²) >= 11 is 5.98. The van der Waals surface area contributed by atoms with Gasteiger partial charge in [0, 0.05) is 41.1 Å². The average molecular weight is 315 g/mol. The van der Waals surface area contributed by atoms with Gasteiger partial charge in [0.15, 0.2) is 0 Å². The van der Waals surface area contributed by atoms with Gasteiger partial charge in [0.1, 0.15) is 0 Å². The zero-order valence-corrected chi connectivity index (χ0v) is 12.8. The first-order valence-electron chi connectivity index (χ1n) is 6.86. The predicted molar refractivity (Wildman–Crippen MR) is 84.2 cm³/mol. The second kappa shape index (κ2) is 6.58. The van der Waals surface area contributed by atoms with E-state index in [2.05, 4.69) is 19.9 Å². The van der Waals surface area contributed by atoms with Crippen LogP contribution in [-0.2, 0) is 6.42 Å². The zero-order chi connectivity index (χ0) is 15.4. The van der Waals surface area contributed by atoms with Crippen LogP contribution in [0.5, 0.6) is 6.01 Å². The summed E-state index contributed by atoms with van der Waals surface area (Å²) in [4.78, 5) is 15.7. The molecule has 5 nitrogen and oxygen atoms in total. The van der Waals surface area contributed by atoms with Crippen molar-refractivity contribution in [2.24, 2.45) is 0 Å². The van der Waals surface area contributed by atoms with Gasteiger partial charge in [-0.3, -0.25) is 0 Å². The van der Waals surface area contributed by atoms with Crippen LogP contribution >= 0.6 is 11.6 Å². The molecule has 1 atom stereocenters. The highest BCUT2D eigenvalue weighted by Crippen LogP contribution is 2.27. The highest BCUT2D eigenvalue weighted by molar-refractivity contribution is 6.30. The number of hydrogen-bond donors (Lipinski definition) is 1. The Morgan fingerprint density at radius 2 is 2.05 bits per heavy atom. The first-order valence-corrected chi connectivity index (χ1v) is 7.23. The Labute approximate surface area is 133 Å². The van der Waals surface area contributed by atoms with E-state index in [1.54, 1.807) is 19.6 Å². The summed E-state index contributed by atoms with van der Waals surface area (Å²) in [5.41, 5.74) is 3.08. The number of aromatic amines is 1. The minimum atomic E-state index is 0.111. The molecular weight excluding hydrogens is 300 g/mol. The van der Waals surface area contributed by atoms with Crippen molar-refractivity contribution in [2.75, 3.05) is 7.11 Å². The number of nitrogens with zero attached hydrogens (tertiary/aromatic N) is 3. The third kappa shape index (κ3) is 3.26. The van der Waals surface area contributed by atoms with E-state index < -0.39 is 0 Å². The van der Waals surface area contributed by atoms with E-state index in [0.29, 0.717) is 12.4 Å². The van der Waals surface area contributed by atoms with Gasteiger partial charge < -0.3 is 9.72 Å². The number of rotatable bonds is 5. The summed E-state index contributed by atoms with van der Waals surface area (Å²) in [6, 6.07) is 10.1. The lowest BCUT2D eigenvalue weighted by molar-refractivity contribution is 0.377. The Hall–Kier alpha value is -2.40. The first-order chi connectivity index (χ1) is 10.8. The van der Waals surface area contributed by atoms with Gasteiger partial charge in [-0.25, -0.2) is 15.0 Å². The quantitative estimate of drug-likeness (QED) is 0.785. The maximum Gasteiger partial charge on any atom is 0.316 e. The molecule has 3 aromatic rings. The third-order valence-electron chi connectivity index (χ3n) is 3.45. The fourth-order valence-electron chi connectivity index (χ4n) is 2.36. The third-order valence-corrected chi connectivity index (χ3v) is 3.71. The molecule has 1 aromatic carbocycles. The summed E-state index contributed by atoms with van der Waals surface area (Å²) in [7, 11) is 1.56. The Morgan fingerprint density at radius 1 is 1.23 bits per heavy atom. The van der Waals surface area contributed by atoms with E-state index in [1.165, 1.54) is 0 Å². The van der Waals surface area contributed by atoms with Crippen LogP contribution in [0.25, 0.3) is 0 Å². The lowest BCUT2D eigenvalue weighted by Gasteiger charge is -2.16. The van der Waals surface area contributed by atoms with E-state index in [9.17, 15) is 0 Å². The van der Waals surface area contributed by atoms with Crippen LogP contribution in [0.15, 0.2) is 49.1 Å². The van der Waals surface area contributed by atoms with Gasteiger partial charge in [-0.2, -0.15) is 0 Å². The number of nitrogens with one attached hydrogen (secondary N) is 1. The number of imidazole rings is 1. The normalized spacial score (nSPS) is 12.1. The molecule has 0 spiro atoms. The minimum absolute atomic E-state index is 0.111. The molecule has 0 bridgehead atoms. The summed E-state index contributed by atoms with van der Waals surface area (Å²) in [5.74, 6) is 0.111. The fraction of sp³-hybridized carbons (Fsp3) is 0.188. The molecule has 0 fully saturated rings. The topological polar surface area (TPSA) is 63.7 Å². The first kappa shape index (κ1) is 14.5. The SMILES string of the molecule is COc1nccc(CC(c2ccc(Cl)cc2)c2cnc[nH]2)n1. The maximum atomic E-state index is 5.98. The number of benzene rings is 1.